The molecule has 130 valence electrons. The van der Waals surface area contributed by atoms with E-state index in [-0.39, 0.29) is 18.2 Å². The molecule has 0 aromatic heterocycles. The SMILES string of the molecule is C=CCc1cc([N+](=O)[O-])ccc1OCC(=O)Nc1ccccc1SC. The highest BCUT2D eigenvalue weighted by molar-refractivity contribution is 7.98. The van der Waals surface area contributed by atoms with Gasteiger partial charge in [0.05, 0.1) is 10.6 Å². The highest BCUT2D eigenvalue weighted by Gasteiger charge is 2.13. The zero-order valence-corrected chi connectivity index (χ0v) is 14.5. The highest BCUT2D eigenvalue weighted by atomic mass is 32.2. The van der Waals surface area contributed by atoms with Crippen LogP contribution in [0.5, 0.6) is 5.75 Å². The van der Waals surface area contributed by atoms with Crippen molar-refractivity contribution >= 4 is 29.0 Å². The topological polar surface area (TPSA) is 81.5 Å². The quantitative estimate of drug-likeness (QED) is 0.333. The number of allylic oxidation sites excluding steroid dienone is 1. The van der Waals surface area contributed by atoms with E-state index in [4.69, 9.17) is 4.74 Å². The molecule has 7 heteroatoms. The van der Waals surface area contributed by atoms with Crippen LogP contribution < -0.4 is 10.1 Å². The summed E-state index contributed by atoms with van der Waals surface area (Å²) in [6, 6.07) is 11.8. The summed E-state index contributed by atoms with van der Waals surface area (Å²) in [4.78, 5) is 23.5. The van der Waals surface area contributed by atoms with Gasteiger partial charge in [0, 0.05) is 22.6 Å². The molecule has 6 nitrogen and oxygen atoms in total. The Kier molecular flexibility index (Phi) is 6.59. The second kappa shape index (κ2) is 8.89. The zero-order chi connectivity index (χ0) is 18.2. The van der Waals surface area contributed by atoms with Crippen LogP contribution in [0.1, 0.15) is 5.56 Å². The second-order valence-corrected chi connectivity index (χ2v) is 5.93. The van der Waals surface area contributed by atoms with Gasteiger partial charge in [0.15, 0.2) is 6.61 Å². The van der Waals surface area contributed by atoms with E-state index in [9.17, 15) is 14.9 Å². The van der Waals surface area contributed by atoms with Gasteiger partial charge in [0.2, 0.25) is 0 Å². The number of non-ortho nitro benzene ring substituents is 1. The normalized spacial score (nSPS) is 10.1. The van der Waals surface area contributed by atoms with Crippen LogP contribution in [-0.2, 0) is 11.2 Å². The lowest BCUT2D eigenvalue weighted by molar-refractivity contribution is -0.384. The number of hydrogen-bond acceptors (Lipinski definition) is 5. The Morgan fingerprint density at radius 2 is 2.12 bits per heavy atom. The van der Waals surface area contributed by atoms with E-state index in [2.05, 4.69) is 11.9 Å². The van der Waals surface area contributed by atoms with Gasteiger partial charge >= 0.3 is 0 Å². The Morgan fingerprint density at radius 1 is 1.36 bits per heavy atom. The molecule has 2 rings (SSSR count). The van der Waals surface area contributed by atoms with Gasteiger partial charge in [-0.05, 0) is 30.9 Å². The smallest absolute Gasteiger partial charge is 0.269 e. The molecule has 0 radical (unpaired) electrons. The lowest BCUT2D eigenvalue weighted by Gasteiger charge is -2.12. The number of carbonyl (C=O) groups is 1. The second-order valence-electron chi connectivity index (χ2n) is 5.08. The first-order valence-corrected chi connectivity index (χ1v) is 8.71. The number of carbonyl (C=O) groups excluding carboxylic acids is 1. The molecule has 25 heavy (non-hydrogen) atoms. The first-order valence-electron chi connectivity index (χ1n) is 7.49. The van der Waals surface area contributed by atoms with Crippen LogP contribution in [0.2, 0.25) is 0 Å². The summed E-state index contributed by atoms with van der Waals surface area (Å²) in [5.41, 5.74) is 1.31. The fourth-order valence-corrected chi connectivity index (χ4v) is 2.77. The number of thioether (sulfide) groups is 1. The van der Waals surface area contributed by atoms with Gasteiger partial charge in [-0.1, -0.05) is 18.2 Å². The van der Waals surface area contributed by atoms with Crippen molar-refractivity contribution < 1.29 is 14.5 Å². The number of ether oxygens (including phenoxy) is 1. The van der Waals surface area contributed by atoms with Crippen LogP contribution in [0.15, 0.2) is 60.0 Å². The Hall–Kier alpha value is -2.80. The Morgan fingerprint density at radius 3 is 2.80 bits per heavy atom. The molecule has 0 heterocycles. The number of para-hydroxylation sites is 1. The van der Waals surface area contributed by atoms with Gasteiger partial charge < -0.3 is 10.1 Å². The number of nitro benzene ring substituents is 1. The van der Waals surface area contributed by atoms with Crippen LogP contribution in [0, 0.1) is 10.1 Å². The van der Waals surface area contributed by atoms with Gasteiger partial charge in [-0.25, -0.2) is 0 Å². The van der Waals surface area contributed by atoms with E-state index in [1.807, 2.05) is 30.5 Å². The molecule has 0 saturated heterocycles. The number of anilines is 1. The van der Waals surface area contributed by atoms with Gasteiger partial charge in [-0.15, -0.1) is 18.3 Å². The zero-order valence-electron chi connectivity index (χ0n) is 13.7. The Bertz CT molecular complexity index is 792. The van der Waals surface area contributed by atoms with Crippen LogP contribution >= 0.6 is 11.8 Å². The summed E-state index contributed by atoms with van der Waals surface area (Å²) >= 11 is 1.53. The highest BCUT2D eigenvalue weighted by Crippen LogP contribution is 2.26. The predicted molar refractivity (Wildman–Crippen MR) is 99.3 cm³/mol. The minimum Gasteiger partial charge on any atom is -0.483 e. The van der Waals surface area contributed by atoms with Gasteiger partial charge in [0.25, 0.3) is 11.6 Å². The molecule has 1 N–H and O–H groups in total. The molecule has 0 fully saturated rings. The van der Waals surface area contributed by atoms with E-state index in [1.165, 1.54) is 30.0 Å². The van der Waals surface area contributed by atoms with Crippen molar-refractivity contribution in [2.24, 2.45) is 0 Å². The van der Waals surface area contributed by atoms with Gasteiger partial charge in [-0.2, -0.15) is 0 Å². The average Bonchev–Trinajstić information content (AvgIpc) is 2.61. The molecule has 0 saturated carbocycles. The maximum absolute atomic E-state index is 12.1. The van der Waals surface area contributed by atoms with E-state index in [1.54, 1.807) is 6.08 Å². The molecule has 0 aliphatic carbocycles. The van der Waals surface area contributed by atoms with Crippen molar-refractivity contribution in [2.45, 2.75) is 11.3 Å². The number of nitro groups is 1. The molecule has 1 amide bonds. The minimum absolute atomic E-state index is 0.0254. The molecule has 0 aliphatic rings. The van der Waals surface area contributed by atoms with E-state index in [0.717, 1.165) is 10.6 Å². The van der Waals surface area contributed by atoms with Crippen molar-refractivity contribution in [3.63, 3.8) is 0 Å². The van der Waals surface area contributed by atoms with Crippen molar-refractivity contribution in [2.75, 3.05) is 18.2 Å². The van der Waals surface area contributed by atoms with E-state index in [0.29, 0.717) is 17.7 Å². The van der Waals surface area contributed by atoms with Gasteiger partial charge in [-0.3, -0.25) is 14.9 Å². The third-order valence-corrected chi connectivity index (χ3v) is 4.15. The maximum atomic E-state index is 12.1. The average molecular weight is 358 g/mol. The monoisotopic (exact) mass is 358 g/mol. The fourth-order valence-electron chi connectivity index (χ4n) is 2.21. The number of rotatable bonds is 8. The molecule has 0 aliphatic heterocycles. The molecular formula is C18H18N2O4S. The van der Waals surface area contributed by atoms with Crippen LogP contribution in [0.4, 0.5) is 11.4 Å². The minimum atomic E-state index is -0.470. The molecule has 0 bridgehead atoms. The fraction of sp³-hybridized carbons (Fsp3) is 0.167. The van der Waals surface area contributed by atoms with Crippen LogP contribution in [0.3, 0.4) is 0 Å². The molecule has 0 atom stereocenters. The third kappa shape index (κ3) is 5.09. The maximum Gasteiger partial charge on any atom is 0.269 e. The van der Waals surface area contributed by atoms with E-state index < -0.39 is 4.92 Å². The number of benzene rings is 2. The first kappa shape index (κ1) is 18.5. The summed E-state index contributed by atoms with van der Waals surface area (Å²) in [6.07, 6.45) is 3.97. The summed E-state index contributed by atoms with van der Waals surface area (Å²) in [5.74, 6) is 0.128. The number of nitrogens with zero attached hydrogens (tertiary/aromatic N) is 1. The molecular weight excluding hydrogens is 340 g/mol. The molecule has 2 aromatic carbocycles. The molecule has 0 unspecified atom stereocenters. The predicted octanol–water partition coefficient (Wildman–Crippen LogP) is 4.06. The Labute approximate surface area is 150 Å². The van der Waals surface area contributed by atoms with Gasteiger partial charge in [0.1, 0.15) is 5.75 Å². The summed E-state index contributed by atoms with van der Waals surface area (Å²) in [5, 5.41) is 13.7. The van der Waals surface area contributed by atoms with Crippen molar-refractivity contribution in [1.29, 1.82) is 0 Å². The van der Waals surface area contributed by atoms with Crippen molar-refractivity contribution in [3.05, 3.63) is 70.8 Å². The summed E-state index contributed by atoms with van der Waals surface area (Å²) in [7, 11) is 0. The van der Waals surface area contributed by atoms with Crippen molar-refractivity contribution in [1.82, 2.24) is 0 Å². The van der Waals surface area contributed by atoms with Crippen molar-refractivity contribution in [3.8, 4) is 5.75 Å². The number of hydrogen-bond donors (Lipinski definition) is 1. The molecule has 2 aromatic rings. The number of nitrogens with one attached hydrogen (secondary N) is 1. The van der Waals surface area contributed by atoms with Crippen LogP contribution in [-0.4, -0.2) is 23.7 Å². The summed E-state index contributed by atoms with van der Waals surface area (Å²) in [6.45, 7) is 3.44. The summed E-state index contributed by atoms with van der Waals surface area (Å²) < 4.78 is 5.54. The Balaban J connectivity index is 2.06. The largest absolute Gasteiger partial charge is 0.483 e. The lowest BCUT2D eigenvalue weighted by Crippen LogP contribution is -2.20. The first-order chi connectivity index (χ1) is 12.0. The number of amides is 1. The standard InChI is InChI=1S/C18H18N2O4S/c1-3-6-13-11-14(20(22)23)9-10-16(13)24-12-18(21)19-15-7-4-5-8-17(15)25-2/h3-5,7-11H,1,6,12H2,2H3,(H,19,21). The van der Waals surface area contributed by atoms with Crippen LogP contribution in [0.25, 0.3) is 0 Å². The third-order valence-electron chi connectivity index (χ3n) is 3.36. The lowest BCUT2D eigenvalue weighted by atomic mass is 10.1. The molecule has 0 spiro atoms. The van der Waals surface area contributed by atoms with E-state index >= 15 is 0 Å².